The Hall–Kier alpha value is -0.580. The van der Waals surface area contributed by atoms with E-state index in [4.69, 9.17) is 16.3 Å². The molecule has 15 heavy (non-hydrogen) atoms. The van der Waals surface area contributed by atoms with Gasteiger partial charge >= 0.3 is 0 Å². The number of piperidine rings is 1. The molecule has 2 rings (SSSR count). The summed E-state index contributed by atoms with van der Waals surface area (Å²) in [6, 6.07) is 1.64. The Balaban J connectivity index is 0.00000112. The van der Waals surface area contributed by atoms with Gasteiger partial charge in [0.2, 0.25) is 5.88 Å². The van der Waals surface area contributed by atoms with Crippen molar-refractivity contribution >= 4 is 24.0 Å². The van der Waals surface area contributed by atoms with Crippen molar-refractivity contribution in [3.8, 4) is 5.88 Å². The van der Waals surface area contributed by atoms with Gasteiger partial charge in [0.1, 0.15) is 17.6 Å². The van der Waals surface area contributed by atoms with E-state index in [0.717, 1.165) is 25.9 Å². The van der Waals surface area contributed by atoms with Gasteiger partial charge in [-0.2, -0.15) is 0 Å². The zero-order valence-electron chi connectivity index (χ0n) is 8.15. The molecule has 0 aliphatic carbocycles. The number of nitrogens with zero attached hydrogens (tertiary/aromatic N) is 2. The Morgan fingerprint density at radius 1 is 1.47 bits per heavy atom. The van der Waals surface area contributed by atoms with Crippen molar-refractivity contribution in [2.75, 3.05) is 13.1 Å². The summed E-state index contributed by atoms with van der Waals surface area (Å²) in [6.07, 6.45) is 3.82. The van der Waals surface area contributed by atoms with Crippen LogP contribution >= 0.6 is 24.0 Å². The van der Waals surface area contributed by atoms with Gasteiger partial charge in [-0.1, -0.05) is 11.6 Å². The van der Waals surface area contributed by atoms with Gasteiger partial charge in [0.15, 0.2) is 0 Å². The van der Waals surface area contributed by atoms with E-state index >= 15 is 0 Å². The Morgan fingerprint density at radius 3 is 3.00 bits per heavy atom. The number of ether oxygens (including phenoxy) is 1. The summed E-state index contributed by atoms with van der Waals surface area (Å²) in [5.41, 5.74) is 0. The lowest BCUT2D eigenvalue weighted by atomic mass is 10.1. The van der Waals surface area contributed by atoms with Crippen LogP contribution in [0.2, 0.25) is 5.15 Å². The lowest BCUT2D eigenvalue weighted by Gasteiger charge is -2.23. The van der Waals surface area contributed by atoms with Crippen molar-refractivity contribution in [3.05, 3.63) is 17.5 Å². The van der Waals surface area contributed by atoms with Crippen LogP contribution in [-0.2, 0) is 0 Å². The summed E-state index contributed by atoms with van der Waals surface area (Å²) in [5.74, 6) is 0.554. The van der Waals surface area contributed by atoms with Crippen LogP contribution in [0.15, 0.2) is 12.4 Å². The van der Waals surface area contributed by atoms with Crippen LogP contribution in [-0.4, -0.2) is 29.2 Å². The van der Waals surface area contributed by atoms with E-state index in [1.807, 2.05) is 0 Å². The monoisotopic (exact) mass is 249 g/mol. The molecule has 1 aromatic heterocycles. The molecular weight excluding hydrogens is 237 g/mol. The average Bonchev–Trinajstić information content (AvgIpc) is 2.19. The first kappa shape index (κ1) is 12.5. The quantitative estimate of drug-likeness (QED) is 0.811. The molecule has 0 radical (unpaired) electrons. The van der Waals surface area contributed by atoms with Gasteiger partial charge < -0.3 is 10.1 Å². The standard InChI is InChI=1S/C9H12ClN3O.ClH/c10-8-4-9(13-6-12-8)14-7-2-1-3-11-5-7;/h4,6-7,11H,1-3,5H2;1H. The summed E-state index contributed by atoms with van der Waals surface area (Å²) in [6.45, 7) is 1.95. The van der Waals surface area contributed by atoms with Crippen LogP contribution in [0.25, 0.3) is 0 Å². The van der Waals surface area contributed by atoms with Crippen molar-refractivity contribution in [1.82, 2.24) is 15.3 Å². The van der Waals surface area contributed by atoms with Gasteiger partial charge in [-0.05, 0) is 19.4 Å². The molecule has 1 N–H and O–H groups in total. The molecule has 0 amide bonds. The highest BCUT2D eigenvalue weighted by Gasteiger charge is 2.14. The Bertz CT molecular complexity index is 305. The maximum Gasteiger partial charge on any atom is 0.218 e. The number of rotatable bonds is 2. The highest BCUT2D eigenvalue weighted by molar-refractivity contribution is 6.29. The minimum atomic E-state index is 0. The van der Waals surface area contributed by atoms with Crippen LogP contribution in [0.4, 0.5) is 0 Å². The highest BCUT2D eigenvalue weighted by atomic mass is 35.5. The molecule has 6 heteroatoms. The largest absolute Gasteiger partial charge is 0.473 e. The zero-order chi connectivity index (χ0) is 9.80. The maximum absolute atomic E-state index is 5.72. The molecule has 1 aliphatic heterocycles. The molecule has 1 aromatic rings. The SMILES string of the molecule is Cl.Clc1cc(OC2CCCNC2)ncn1. The second-order valence-electron chi connectivity index (χ2n) is 3.27. The molecule has 2 heterocycles. The Kier molecular flexibility index (Phi) is 5.08. The topological polar surface area (TPSA) is 47.0 Å². The molecule has 1 fully saturated rings. The summed E-state index contributed by atoms with van der Waals surface area (Å²) >= 11 is 5.72. The van der Waals surface area contributed by atoms with Crippen molar-refractivity contribution in [3.63, 3.8) is 0 Å². The second kappa shape index (κ2) is 6.10. The van der Waals surface area contributed by atoms with Crippen LogP contribution < -0.4 is 10.1 Å². The number of hydrogen-bond donors (Lipinski definition) is 1. The average molecular weight is 250 g/mol. The first-order valence-electron chi connectivity index (χ1n) is 4.69. The molecule has 1 aliphatic rings. The molecule has 4 nitrogen and oxygen atoms in total. The first-order chi connectivity index (χ1) is 6.84. The second-order valence-corrected chi connectivity index (χ2v) is 3.65. The van der Waals surface area contributed by atoms with E-state index in [0.29, 0.717) is 11.0 Å². The molecule has 1 atom stereocenters. The smallest absolute Gasteiger partial charge is 0.218 e. The van der Waals surface area contributed by atoms with Crippen LogP contribution in [0.3, 0.4) is 0 Å². The third kappa shape index (κ3) is 3.81. The zero-order valence-corrected chi connectivity index (χ0v) is 9.72. The molecule has 1 unspecified atom stereocenters. The number of halogens is 2. The fourth-order valence-electron chi connectivity index (χ4n) is 1.47. The molecule has 0 bridgehead atoms. The van der Waals surface area contributed by atoms with E-state index in [2.05, 4.69) is 15.3 Å². The third-order valence-electron chi connectivity index (χ3n) is 2.15. The molecular formula is C9H13Cl2N3O. The number of aromatic nitrogens is 2. The normalized spacial score (nSPS) is 20.5. The van der Waals surface area contributed by atoms with Crippen molar-refractivity contribution in [2.24, 2.45) is 0 Å². The van der Waals surface area contributed by atoms with Gasteiger partial charge in [0.25, 0.3) is 0 Å². The molecule has 0 saturated carbocycles. The lowest BCUT2D eigenvalue weighted by molar-refractivity contribution is 0.160. The summed E-state index contributed by atoms with van der Waals surface area (Å²) in [7, 11) is 0. The predicted octanol–water partition coefficient (Wildman–Crippen LogP) is 1.68. The van der Waals surface area contributed by atoms with E-state index < -0.39 is 0 Å². The van der Waals surface area contributed by atoms with Crippen LogP contribution in [0, 0.1) is 0 Å². The maximum atomic E-state index is 5.72. The molecule has 0 spiro atoms. The predicted molar refractivity (Wildman–Crippen MR) is 60.8 cm³/mol. The summed E-state index contributed by atoms with van der Waals surface area (Å²) < 4.78 is 5.64. The minimum Gasteiger partial charge on any atom is -0.473 e. The lowest BCUT2D eigenvalue weighted by Crippen LogP contribution is -2.37. The van der Waals surface area contributed by atoms with Crippen molar-refractivity contribution in [2.45, 2.75) is 18.9 Å². The van der Waals surface area contributed by atoms with E-state index in [-0.39, 0.29) is 18.5 Å². The van der Waals surface area contributed by atoms with Gasteiger partial charge in [-0.15, -0.1) is 12.4 Å². The first-order valence-corrected chi connectivity index (χ1v) is 5.07. The summed E-state index contributed by atoms with van der Waals surface area (Å²) in [5, 5.41) is 3.68. The highest BCUT2D eigenvalue weighted by Crippen LogP contribution is 2.15. The van der Waals surface area contributed by atoms with Gasteiger partial charge in [0, 0.05) is 12.6 Å². The molecule has 0 aromatic carbocycles. The van der Waals surface area contributed by atoms with E-state index in [9.17, 15) is 0 Å². The Labute approximate surface area is 99.8 Å². The van der Waals surface area contributed by atoms with Crippen LogP contribution in [0.1, 0.15) is 12.8 Å². The fourth-order valence-corrected chi connectivity index (χ4v) is 1.61. The van der Waals surface area contributed by atoms with Crippen LogP contribution in [0.5, 0.6) is 5.88 Å². The Morgan fingerprint density at radius 2 is 2.33 bits per heavy atom. The molecule has 1 saturated heterocycles. The van der Waals surface area contributed by atoms with E-state index in [1.54, 1.807) is 6.07 Å². The van der Waals surface area contributed by atoms with Gasteiger partial charge in [0.05, 0.1) is 0 Å². The van der Waals surface area contributed by atoms with Crippen molar-refractivity contribution < 1.29 is 4.74 Å². The van der Waals surface area contributed by atoms with Gasteiger partial charge in [-0.25, -0.2) is 9.97 Å². The fraction of sp³-hybridized carbons (Fsp3) is 0.556. The minimum absolute atomic E-state index is 0. The number of hydrogen-bond acceptors (Lipinski definition) is 4. The molecule has 84 valence electrons. The summed E-state index contributed by atoms with van der Waals surface area (Å²) in [4.78, 5) is 7.78. The van der Waals surface area contributed by atoms with Gasteiger partial charge in [-0.3, -0.25) is 0 Å². The number of nitrogens with one attached hydrogen (secondary N) is 1. The van der Waals surface area contributed by atoms with E-state index in [1.165, 1.54) is 6.33 Å². The third-order valence-corrected chi connectivity index (χ3v) is 2.35. The van der Waals surface area contributed by atoms with Crippen molar-refractivity contribution in [1.29, 1.82) is 0 Å².